The van der Waals surface area contributed by atoms with Gasteiger partial charge in [-0.25, -0.2) is 0 Å². The molecule has 0 unspecified atom stereocenters. The Morgan fingerprint density at radius 1 is 0.551 bits per heavy atom. The number of aryl methyl sites for hydroxylation is 1. The summed E-state index contributed by atoms with van der Waals surface area (Å²) in [6.07, 6.45) is 5.62. The molecule has 0 amide bonds. The summed E-state index contributed by atoms with van der Waals surface area (Å²) in [4.78, 5) is 9.27. The van der Waals surface area contributed by atoms with Gasteiger partial charge in [-0.05, 0) is 18.6 Å². The molecule has 0 atom stereocenters. The Kier molecular flexibility index (Phi) is 7.18. The minimum Gasteiger partial charge on any atom is -0.264 e. The quantitative estimate of drug-likeness (QED) is 0.168. The molecule has 0 spiro atoms. The van der Waals surface area contributed by atoms with Gasteiger partial charge in [0.2, 0.25) is 0 Å². The topological polar surface area (TPSA) is 49.8 Å². The second-order valence-corrected chi connectivity index (χ2v) is 13.0. The molecule has 0 aliphatic heterocycles. The van der Waals surface area contributed by atoms with E-state index in [2.05, 4.69) is 160 Å². The third-order valence-electron chi connectivity index (χ3n) is 8.97. The van der Waals surface area contributed by atoms with Crippen LogP contribution in [-0.4, -0.2) is 23.7 Å². The number of nitrogens with zero attached hydrogens (tertiary/aromatic N) is 5. The third kappa shape index (κ3) is 5.04. The number of aromatic nitrogens is 5. The van der Waals surface area contributed by atoms with Gasteiger partial charge in [0.25, 0.3) is 0 Å². The van der Waals surface area contributed by atoms with Crippen LogP contribution in [0.15, 0.2) is 158 Å². The van der Waals surface area contributed by atoms with Crippen LogP contribution in [0, 0.1) is 10.7 Å². The van der Waals surface area contributed by atoms with Crippen LogP contribution in [0.5, 0.6) is 11.5 Å². The van der Waals surface area contributed by atoms with Gasteiger partial charge in [0.1, 0.15) is 0 Å². The number of pyridine rings is 2. The second-order valence-electron chi connectivity index (χ2n) is 12.0. The van der Waals surface area contributed by atoms with Crippen LogP contribution in [0.4, 0.5) is 0 Å². The van der Waals surface area contributed by atoms with Crippen LogP contribution in [0.3, 0.4) is 0 Å². The average Bonchev–Trinajstić information content (AvgIpc) is 3.63. The zero-order chi connectivity index (χ0) is 32.9. The molecule has 4 aromatic heterocycles. The Morgan fingerprint density at radius 2 is 1.24 bits per heavy atom. The van der Waals surface area contributed by atoms with Crippen molar-refractivity contribution in [3.63, 3.8) is 0 Å². The fraction of sp³-hybridized carbons (Fsp3) is 0.0238. The zero-order valence-electron chi connectivity index (χ0n) is 26.5. The third-order valence-corrected chi connectivity index (χ3v) is 9.99. The fourth-order valence-corrected chi connectivity index (χ4v) is 7.88. The first-order chi connectivity index (χ1) is 24.1. The molecular weight excluding hydrogens is 786 g/mol. The van der Waals surface area contributed by atoms with E-state index in [9.17, 15) is 0 Å². The maximum atomic E-state index is 6.62. The molecule has 0 aliphatic rings. The number of fused-ring (bicyclic) bond motifs is 4. The predicted molar refractivity (Wildman–Crippen MR) is 192 cm³/mol. The number of hydrogen-bond acceptors (Lipinski definition) is 3. The number of ether oxygens (including phenoxy) is 1. The van der Waals surface area contributed by atoms with Crippen molar-refractivity contribution in [2.45, 2.75) is 6.92 Å². The van der Waals surface area contributed by atoms with Crippen molar-refractivity contribution in [3.8, 4) is 39.8 Å². The molecule has 49 heavy (non-hydrogen) atoms. The molecule has 0 radical (unpaired) electrons. The molecule has 0 bridgehead atoms. The molecule has 6 nitrogen and oxygen atoms in total. The van der Waals surface area contributed by atoms with Crippen molar-refractivity contribution in [1.82, 2.24) is 23.7 Å². The van der Waals surface area contributed by atoms with E-state index in [1.807, 2.05) is 36.7 Å². The van der Waals surface area contributed by atoms with Crippen molar-refractivity contribution >= 4 is 32.8 Å². The van der Waals surface area contributed by atoms with Gasteiger partial charge in [0, 0.05) is 29.7 Å². The zero-order valence-corrected chi connectivity index (χ0v) is 28.7. The van der Waals surface area contributed by atoms with Crippen LogP contribution in [0.1, 0.15) is 5.56 Å². The fourth-order valence-electron chi connectivity index (χ4n) is 6.75. The van der Waals surface area contributed by atoms with Gasteiger partial charge in [-0.3, -0.25) is 4.98 Å². The van der Waals surface area contributed by atoms with Crippen LogP contribution < -0.4 is 4.74 Å². The van der Waals surface area contributed by atoms with Gasteiger partial charge in [0.05, 0.1) is 0 Å². The summed E-state index contributed by atoms with van der Waals surface area (Å²) >= 11 is 2.42. The molecular formula is C42H29N5OPt. The van der Waals surface area contributed by atoms with Gasteiger partial charge < -0.3 is 0 Å². The van der Waals surface area contributed by atoms with E-state index in [0.717, 1.165) is 76.6 Å². The molecule has 9 aromatic rings. The van der Waals surface area contributed by atoms with Gasteiger partial charge in [0.15, 0.2) is 0 Å². The Morgan fingerprint density at radius 3 is 2.02 bits per heavy atom. The summed E-state index contributed by atoms with van der Waals surface area (Å²) in [5.41, 5.74) is 9.79. The van der Waals surface area contributed by atoms with Gasteiger partial charge in [-0.2, -0.15) is 0 Å². The molecule has 238 valence electrons. The summed E-state index contributed by atoms with van der Waals surface area (Å²) in [5, 5.41) is 2.31. The molecule has 5 aromatic carbocycles. The molecule has 0 aliphatic carbocycles. The number of imidazole rings is 1. The Bertz CT molecular complexity index is 2730. The van der Waals surface area contributed by atoms with Crippen molar-refractivity contribution in [2.24, 2.45) is 0 Å². The number of rotatable bonds is 6. The van der Waals surface area contributed by atoms with Gasteiger partial charge >= 0.3 is 223 Å². The Balaban J connectivity index is 1.13. The minimum absolute atomic E-state index is 0.754. The second kappa shape index (κ2) is 12.0. The number of benzene rings is 5. The molecule has 0 saturated carbocycles. The smallest absolute Gasteiger partial charge is 0.264 e. The number of hydrogen-bond donors (Lipinski definition) is 0. The van der Waals surface area contributed by atoms with E-state index in [0.29, 0.717) is 0 Å². The first kappa shape index (κ1) is 29.3. The molecule has 0 fully saturated rings. The van der Waals surface area contributed by atoms with Crippen molar-refractivity contribution < 1.29 is 24.1 Å². The number of para-hydroxylation sites is 4. The summed E-state index contributed by atoms with van der Waals surface area (Å²) < 4.78 is 14.5. The van der Waals surface area contributed by atoms with Crippen LogP contribution in [-0.2, 0) is 19.4 Å². The van der Waals surface area contributed by atoms with E-state index in [-0.39, 0.29) is 0 Å². The van der Waals surface area contributed by atoms with Crippen molar-refractivity contribution in [3.05, 3.63) is 167 Å². The molecule has 9 rings (SSSR count). The molecule has 7 heteroatoms. The summed E-state index contributed by atoms with van der Waals surface area (Å²) in [6, 6.07) is 48.2. The van der Waals surface area contributed by atoms with E-state index >= 15 is 0 Å². The van der Waals surface area contributed by atoms with Crippen molar-refractivity contribution in [1.29, 1.82) is 0 Å². The van der Waals surface area contributed by atoms with E-state index in [1.165, 1.54) is 5.39 Å². The Hall–Kier alpha value is -5.84. The summed E-state index contributed by atoms with van der Waals surface area (Å²) in [6.45, 7) is 2.12. The van der Waals surface area contributed by atoms with Crippen LogP contribution in [0.25, 0.3) is 61.2 Å². The molecule has 0 saturated heterocycles. The standard InChI is InChI=1S/C42H29N5O.Pt/c1-29-23-42(44-27-37(29)30-11-10-22-43-26-30)47-38-17-6-5-16-35(38)36-21-20-34(25-41(36)47)48-33-15-9-14-32(24-33)46-28-45(31-12-3-2-4-13-31)39-18-7-8-19-40(39)46;/h2-27H,1H3;. The molecule has 4 heterocycles. The van der Waals surface area contributed by atoms with Crippen molar-refractivity contribution in [2.75, 3.05) is 0 Å². The normalized spacial score (nSPS) is 11.5. The van der Waals surface area contributed by atoms with Gasteiger partial charge in [-0.1, -0.05) is 18.2 Å². The minimum atomic E-state index is 0.754. The SMILES string of the molecule is Cc1cc(-n2c3ccccc3c3ccc(Oc4cccc(-n5[c](=[Pt])n(-c6ccccc6)c6ccccc65)c4)cc32)ncc1-c1cccnc1. The van der Waals surface area contributed by atoms with E-state index < -0.39 is 0 Å². The first-order valence-electron chi connectivity index (χ1n) is 16.1. The van der Waals surface area contributed by atoms with Gasteiger partial charge in [-0.15, -0.1) is 0 Å². The summed E-state index contributed by atoms with van der Waals surface area (Å²) in [5.74, 6) is 2.37. The summed E-state index contributed by atoms with van der Waals surface area (Å²) in [7, 11) is 0. The Labute approximate surface area is 293 Å². The average molecular weight is 815 g/mol. The maximum absolute atomic E-state index is 6.62. The van der Waals surface area contributed by atoms with E-state index in [1.54, 1.807) is 6.20 Å². The molecule has 0 N–H and O–H groups in total. The monoisotopic (exact) mass is 814 g/mol. The van der Waals surface area contributed by atoms with Crippen LogP contribution >= 0.6 is 0 Å². The first-order valence-corrected chi connectivity index (χ1v) is 17.2. The van der Waals surface area contributed by atoms with Crippen LogP contribution in [0.2, 0.25) is 0 Å². The van der Waals surface area contributed by atoms with E-state index in [4.69, 9.17) is 9.72 Å². The predicted octanol–water partition coefficient (Wildman–Crippen LogP) is 10.2.